The van der Waals surface area contributed by atoms with E-state index >= 15 is 0 Å². The minimum absolute atomic E-state index is 0.737. The molecule has 1 aromatic heterocycles. The van der Waals surface area contributed by atoms with E-state index in [2.05, 4.69) is 13.0 Å². The van der Waals surface area contributed by atoms with Crippen LogP contribution in [0.4, 0.5) is 5.69 Å². The number of rotatable bonds is 0. The zero-order valence-corrected chi connectivity index (χ0v) is 9.53. The largest absolute Gasteiger partial charge is 0.398 e. The Morgan fingerprint density at radius 3 is 3.00 bits per heavy atom. The summed E-state index contributed by atoms with van der Waals surface area (Å²) in [6, 6.07) is 8.16. The van der Waals surface area contributed by atoms with E-state index in [4.69, 9.17) is 10.7 Å². The SMILES string of the molecule is CC1CCc2c(nc3ccccc3c2N)C1. The van der Waals surface area contributed by atoms with Gasteiger partial charge in [-0.2, -0.15) is 0 Å². The molecule has 1 unspecified atom stereocenters. The van der Waals surface area contributed by atoms with Crippen LogP contribution in [0.1, 0.15) is 24.6 Å². The zero-order valence-electron chi connectivity index (χ0n) is 9.53. The summed E-state index contributed by atoms with van der Waals surface area (Å²) in [5.74, 6) is 0.737. The molecule has 2 heteroatoms. The van der Waals surface area contributed by atoms with Gasteiger partial charge in [0.1, 0.15) is 0 Å². The van der Waals surface area contributed by atoms with Gasteiger partial charge in [0.25, 0.3) is 0 Å². The Morgan fingerprint density at radius 1 is 1.31 bits per heavy atom. The van der Waals surface area contributed by atoms with Gasteiger partial charge in [0, 0.05) is 16.8 Å². The van der Waals surface area contributed by atoms with Crippen molar-refractivity contribution in [2.24, 2.45) is 5.92 Å². The molecule has 0 amide bonds. The molecule has 16 heavy (non-hydrogen) atoms. The predicted molar refractivity (Wildman–Crippen MR) is 67.3 cm³/mol. The van der Waals surface area contributed by atoms with Gasteiger partial charge < -0.3 is 5.73 Å². The van der Waals surface area contributed by atoms with Gasteiger partial charge in [-0.25, -0.2) is 0 Å². The summed E-state index contributed by atoms with van der Waals surface area (Å²) in [6.07, 6.45) is 3.39. The average Bonchev–Trinajstić information content (AvgIpc) is 2.29. The zero-order chi connectivity index (χ0) is 11.1. The summed E-state index contributed by atoms with van der Waals surface area (Å²) >= 11 is 0. The molecule has 0 bridgehead atoms. The standard InChI is InChI=1S/C14H16N2/c1-9-6-7-11-13(8-9)16-12-5-3-2-4-10(12)14(11)15/h2-5,9H,6-8H2,1H3,(H2,15,16). The van der Waals surface area contributed by atoms with Crippen molar-refractivity contribution < 1.29 is 0 Å². The monoisotopic (exact) mass is 212 g/mol. The second-order valence-electron chi connectivity index (χ2n) is 4.82. The summed E-state index contributed by atoms with van der Waals surface area (Å²) in [6.45, 7) is 2.29. The Bertz CT molecular complexity index is 546. The maximum absolute atomic E-state index is 6.25. The smallest absolute Gasteiger partial charge is 0.0726 e. The van der Waals surface area contributed by atoms with Crippen molar-refractivity contribution in [3.8, 4) is 0 Å². The third kappa shape index (κ3) is 1.37. The lowest BCUT2D eigenvalue weighted by Crippen LogP contribution is -2.15. The lowest BCUT2D eigenvalue weighted by Gasteiger charge is -2.22. The van der Waals surface area contributed by atoms with Crippen LogP contribution < -0.4 is 5.73 Å². The van der Waals surface area contributed by atoms with Crippen LogP contribution in [0.2, 0.25) is 0 Å². The Labute approximate surface area is 95.5 Å². The van der Waals surface area contributed by atoms with Crippen molar-refractivity contribution in [2.45, 2.75) is 26.2 Å². The number of nitrogen functional groups attached to an aromatic ring is 1. The molecule has 1 heterocycles. The fraction of sp³-hybridized carbons (Fsp3) is 0.357. The third-order valence-corrected chi connectivity index (χ3v) is 3.55. The Kier molecular flexibility index (Phi) is 2.10. The fourth-order valence-corrected chi connectivity index (χ4v) is 2.60. The van der Waals surface area contributed by atoms with Gasteiger partial charge in [-0.3, -0.25) is 4.98 Å². The number of aromatic nitrogens is 1. The van der Waals surface area contributed by atoms with Crippen LogP contribution in [-0.2, 0) is 12.8 Å². The lowest BCUT2D eigenvalue weighted by molar-refractivity contribution is 0.494. The minimum Gasteiger partial charge on any atom is -0.398 e. The molecule has 2 aromatic rings. The van der Waals surface area contributed by atoms with Crippen molar-refractivity contribution in [2.75, 3.05) is 5.73 Å². The van der Waals surface area contributed by atoms with Crippen LogP contribution in [0.25, 0.3) is 10.9 Å². The quantitative estimate of drug-likeness (QED) is 0.729. The molecule has 82 valence electrons. The van der Waals surface area contributed by atoms with E-state index in [0.717, 1.165) is 35.3 Å². The second kappa shape index (κ2) is 3.48. The molecule has 2 nitrogen and oxygen atoms in total. The molecular weight excluding hydrogens is 196 g/mol. The number of hydrogen-bond acceptors (Lipinski definition) is 2. The average molecular weight is 212 g/mol. The highest BCUT2D eigenvalue weighted by Gasteiger charge is 2.19. The number of anilines is 1. The fourth-order valence-electron chi connectivity index (χ4n) is 2.60. The van der Waals surface area contributed by atoms with Crippen molar-refractivity contribution in [3.05, 3.63) is 35.5 Å². The molecule has 0 fully saturated rings. The van der Waals surface area contributed by atoms with E-state index in [1.165, 1.54) is 17.7 Å². The van der Waals surface area contributed by atoms with Crippen molar-refractivity contribution in [1.29, 1.82) is 0 Å². The summed E-state index contributed by atoms with van der Waals surface area (Å²) in [5, 5.41) is 1.11. The van der Waals surface area contributed by atoms with E-state index in [1.807, 2.05) is 18.2 Å². The molecular formula is C14H16N2. The molecule has 1 aromatic carbocycles. The molecule has 0 spiro atoms. The van der Waals surface area contributed by atoms with Crippen LogP contribution >= 0.6 is 0 Å². The molecule has 0 radical (unpaired) electrons. The van der Waals surface area contributed by atoms with Gasteiger partial charge in [-0.05, 0) is 36.8 Å². The van der Waals surface area contributed by atoms with Gasteiger partial charge in [0.2, 0.25) is 0 Å². The highest BCUT2D eigenvalue weighted by molar-refractivity contribution is 5.92. The first-order valence-electron chi connectivity index (χ1n) is 5.91. The van der Waals surface area contributed by atoms with Crippen molar-refractivity contribution in [1.82, 2.24) is 4.98 Å². The maximum atomic E-state index is 6.25. The summed E-state index contributed by atoms with van der Waals surface area (Å²) in [4.78, 5) is 4.75. The first kappa shape index (κ1) is 9.64. The molecule has 1 atom stereocenters. The van der Waals surface area contributed by atoms with E-state index < -0.39 is 0 Å². The molecule has 2 N–H and O–H groups in total. The Hall–Kier alpha value is -1.57. The van der Waals surface area contributed by atoms with E-state index in [-0.39, 0.29) is 0 Å². The number of pyridine rings is 1. The Balaban J connectivity index is 2.29. The molecule has 3 rings (SSSR count). The highest BCUT2D eigenvalue weighted by atomic mass is 14.7. The summed E-state index contributed by atoms with van der Waals surface area (Å²) in [7, 11) is 0. The minimum atomic E-state index is 0.737. The van der Waals surface area contributed by atoms with E-state index in [9.17, 15) is 0 Å². The first-order valence-corrected chi connectivity index (χ1v) is 5.91. The number of nitrogens with zero attached hydrogens (tertiary/aromatic N) is 1. The van der Waals surface area contributed by atoms with Gasteiger partial charge in [-0.1, -0.05) is 25.1 Å². The van der Waals surface area contributed by atoms with E-state index in [1.54, 1.807) is 0 Å². The van der Waals surface area contributed by atoms with Crippen LogP contribution in [0, 0.1) is 5.92 Å². The second-order valence-corrected chi connectivity index (χ2v) is 4.82. The van der Waals surface area contributed by atoms with Crippen molar-refractivity contribution in [3.63, 3.8) is 0 Å². The van der Waals surface area contributed by atoms with E-state index in [0.29, 0.717) is 0 Å². The van der Waals surface area contributed by atoms with Crippen LogP contribution in [-0.4, -0.2) is 4.98 Å². The molecule has 0 saturated heterocycles. The highest BCUT2D eigenvalue weighted by Crippen LogP contribution is 2.32. The molecule has 1 aliphatic rings. The number of para-hydroxylation sites is 1. The molecule has 1 aliphatic carbocycles. The van der Waals surface area contributed by atoms with Gasteiger partial charge in [0.15, 0.2) is 0 Å². The summed E-state index contributed by atoms with van der Waals surface area (Å²) in [5.41, 5.74) is 10.7. The predicted octanol–water partition coefficient (Wildman–Crippen LogP) is 2.94. The van der Waals surface area contributed by atoms with Gasteiger partial charge in [-0.15, -0.1) is 0 Å². The normalized spacial score (nSPS) is 19.7. The summed E-state index contributed by atoms with van der Waals surface area (Å²) < 4.78 is 0. The maximum Gasteiger partial charge on any atom is 0.0726 e. The molecule has 0 aliphatic heterocycles. The number of fused-ring (bicyclic) bond motifs is 2. The van der Waals surface area contributed by atoms with Crippen LogP contribution in [0.5, 0.6) is 0 Å². The third-order valence-electron chi connectivity index (χ3n) is 3.55. The van der Waals surface area contributed by atoms with Crippen molar-refractivity contribution >= 4 is 16.6 Å². The number of benzene rings is 1. The van der Waals surface area contributed by atoms with Gasteiger partial charge in [0.05, 0.1) is 5.52 Å². The number of hydrogen-bond donors (Lipinski definition) is 1. The van der Waals surface area contributed by atoms with Crippen LogP contribution in [0.15, 0.2) is 24.3 Å². The lowest BCUT2D eigenvalue weighted by atomic mass is 9.86. The van der Waals surface area contributed by atoms with Gasteiger partial charge >= 0.3 is 0 Å². The Morgan fingerprint density at radius 2 is 2.12 bits per heavy atom. The number of nitrogens with two attached hydrogens (primary N) is 1. The topological polar surface area (TPSA) is 38.9 Å². The van der Waals surface area contributed by atoms with Crippen LogP contribution in [0.3, 0.4) is 0 Å². The molecule has 0 saturated carbocycles. The first-order chi connectivity index (χ1) is 7.75.